The molecule has 1 fully saturated rings. The number of aromatic nitrogens is 3. The summed E-state index contributed by atoms with van der Waals surface area (Å²) in [5.41, 5.74) is 2.22. The van der Waals surface area contributed by atoms with E-state index in [1.54, 1.807) is 7.11 Å². The summed E-state index contributed by atoms with van der Waals surface area (Å²) < 4.78 is 12.9. The molecule has 2 heterocycles. The van der Waals surface area contributed by atoms with E-state index in [1.165, 1.54) is 5.56 Å². The lowest BCUT2D eigenvalue weighted by Gasteiger charge is -2.26. The lowest BCUT2D eigenvalue weighted by atomic mass is 10.1. The van der Waals surface area contributed by atoms with Crippen molar-refractivity contribution >= 4 is 29.9 Å². The second-order valence-electron chi connectivity index (χ2n) is 7.79. The van der Waals surface area contributed by atoms with Crippen molar-refractivity contribution in [2.24, 2.45) is 12.0 Å². The molecule has 0 saturated carbocycles. The second kappa shape index (κ2) is 13.6. The highest BCUT2D eigenvalue weighted by Gasteiger charge is 2.10. The van der Waals surface area contributed by atoms with Gasteiger partial charge in [0.1, 0.15) is 11.6 Å². The van der Waals surface area contributed by atoms with Gasteiger partial charge < -0.3 is 24.7 Å². The molecular weight excluding hydrogens is 521 g/mol. The molecule has 10 heteroatoms. The third-order valence-electron chi connectivity index (χ3n) is 5.49. The maximum Gasteiger partial charge on any atom is 0.191 e. The summed E-state index contributed by atoms with van der Waals surface area (Å²) in [6, 6.07) is 6.19. The van der Waals surface area contributed by atoms with E-state index in [2.05, 4.69) is 44.8 Å². The van der Waals surface area contributed by atoms with Crippen LogP contribution in [-0.2, 0) is 24.9 Å². The van der Waals surface area contributed by atoms with Crippen molar-refractivity contribution in [2.75, 3.05) is 46.5 Å². The monoisotopic (exact) mass is 557 g/mol. The normalized spacial score (nSPS) is 14.7. The molecule has 0 amide bonds. The zero-order chi connectivity index (χ0) is 22.1. The third-order valence-corrected chi connectivity index (χ3v) is 5.49. The Morgan fingerprint density at radius 1 is 1.19 bits per heavy atom. The standard InChI is InChI=1S/C22H35N7O2.HI/c1-17-6-7-19(20(14-17)30-4)15-24-22(25-16-21-27-26-18(2)28(21)3)23-8-5-9-29-10-12-31-13-11-29;/h6-7,14H,5,8-13,15-16H2,1-4H3,(H2,23,24,25);1H. The number of hydrogen-bond acceptors (Lipinski definition) is 6. The van der Waals surface area contributed by atoms with Crippen LogP contribution in [0.25, 0.3) is 0 Å². The minimum atomic E-state index is 0. The maximum absolute atomic E-state index is 5.52. The van der Waals surface area contributed by atoms with Crippen LogP contribution in [0.1, 0.15) is 29.2 Å². The number of nitrogens with one attached hydrogen (secondary N) is 2. The Morgan fingerprint density at radius 2 is 1.97 bits per heavy atom. The van der Waals surface area contributed by atoms with Crippen LogP contribution >= 0.6 is 24.0 Å². The average Bonchev–Trinajstić information content (AvgIpc) is 3.11. The molecule has 32 heavy (non-hydrogen) atoms. The molecule has 1 aromatic heterocycles. The quantitative estimate of drug-likeness (QED) is 0.211. The first-order chi connectivity index (χ1) is 15.1. The minimum Gasteiger partial charge on any atom is -0.496 e. The van der Waals surface area contributed by atoms with Gasteiger partial charge in [-0.15, -0.1) is 34.2 Å². The van der Waals surface area contributed by atoms with Crippen molar-refractivity contribution in [2.45, 2.75) is 33.4 Å². The van der Waals surface area contributed by atoms with Gasteiger partial charge in [0.15, 0.2) is 11.8 Å². The molecule has 2 N–H and O–H groups in total. The predicted molar refractivity (Wildman–Crippen MR) is 137 cm³/mol. The Labute approximate surface area is 208 Å². The first-order valence-electron chi connectivity index (χ1n) is 10.9. The van der Waals surface area contributed by atoms with Crippen molar-refractivity contribution < 1.29 is 9.47 Å². The number of aryl methyl sites for hydroxylation is 2. The summed E-state index contributed by atoms with van der Waals surface area (Å²) in [7, 11) is 3.66. The molecule has 9 nitrogen and oxygen atoms in total. The van der Waals surface area contributed by atoms with E-state index in [4.69, 9.17) is 14.5 Å². The largest absolute Gasteiger partial charge is 0.496 e. The van der Waals surface area contributed by atoms with Gasteiger partial charge in [0.2, 0.25) is 0 Å². The molecular formula is C22H36IN7O2. The summed E-state index contributed by atoms with van der Waals surface area (Å²) in [4.78, 5) is 7.23. The van der Waals surface area contributed by atoms with Crippen molar-refractivity contribution in [3.63, 3.8) is 0 Å². The van der Waals surface area contributed by atoms with Crippen LogP contribution < -0.4 is 15.4 Å². The second-order valence-corrected chi connectivity index (χ2v) is 7.79. The minimum absolute atomic E-state index is 0. The van der Waals surface area contributed by atoms with Crippen LogP contribution in [0.4, 0.5) is 0 Å². The number of halogens is 1. The molecule has 178 valence electrons. The van der Waals surface area contributed by atoms with E-state index >= 15 is 0 Å². The summed E-state index contributed by atoms with van der Waals surface area (Å²) >= 11 is 0. The van der Waals surface area contributed by atoms with E-state index < -0.39 is 0 Å². The predicted octanol–water partition coefficient (Wildman–Crippen LogP) is 2.02. The Bertz CT molecular complexity index is 866. The number of ether oxygens (including phenoxy) is 2. The number of guanidine groups is 1. The van der Waals surface area contributed by atoms with Gasteiger partial charge in [0.05, 0.1) is 33.4 Å². The number of nitrogens with zero attached hydrogens (tertiary/aromatic N) is 5. The summed E-state index contributed by atoms with van der Waals surface area (Å²) in [5, 5.41) is 15.2. The molecule has 1 aliphatic rings. The first-order valence-corrected chi connectivity index (χ1v) is 10.9. The Balaban J connectivity index is 0.00000363. The van der Waals surface area contributed by atoms with Gasteiger partial charge in [-0.25, -0.2) is 4.99 Å². The van der Waals surface area contributed by atoms with Crippen molar-refractivity contribution in [1.29, 1.82) is 0 Å². The van der Waals surface area contributed by atoms with Crippen LogP contribution in [0.15, 0.2) is 23.2 Å². The maximum atomic E-state index is 5.52. The number of rotatable bonds is 9. The fourth-order valence-corrected chi connectivity index (χ4v) is 3.42. The topological polar surface area (TPSA) is 88.8 Å². The highest BCUT2D eigenvalue weighted by atomic mass is 127. The molecule has 1 aliphatic heterocycles. The lowest BCUT2D eigenvalue weighted by molar-refractivity contribution is 0.0376. The molecule has 2 aromatic rings. The van der Waals surface area contributed by atoms with Crippen LogP contribution in [0.3, 0.4) is 0 Å². The van der Waals surface area contributed by atoms with Gasteiger partial charge in [0, 0.05) is 32.2 Å². The molecule has 0 unspecified atom stereocenters. The number of benzene rings is 1. The van der Waals surface area contributed by atoms with Gasteiger partial charge in [0.25, 0.3) is 0 Å². The zero-order valence-electron chi connectivity index (χ0n) is 19.6. The van der Waals surface area contributed by atoms with Crippen LogP contribution in [0, 0.1) is 13.8 Å². The highest BCUT2D eigenvalue weighted by molar-refractivity contribution is 14.0. The Kier molecular flexibility index (Phi) is 11.2. The summed E-state index contributed by atoms with van der Waals surface area (Å²) in [5.74, 6) is 3.37. The summed E-state index contributed by atoms with van der Waals surface area (Å²) in [6.07, 6.45) is 1.04. The SMILES string of the molecule is COc1cc(C)ccc1CN=C(NCCCN1CCOCC1)NCc1nnc(C)n1C.I. The van der Waals surface area contributed by atoms with Crippen molar-refractivity contribution in [3.8, 4) is 5.75 Å². The molecule has 0 atom stereocenters. The van der Waals surface area contributed by atoms with Crippen LogP contribution in [-0.4, -0.2) is 72.1 Å². The number of aliphatic imine (C=N–C) groups is 1. The fourth-order valence-electron chi connectivity index (χ4n) is 3.42. The first kappa shape index (κ1) is 26.3. The van der Waals surface area contributed by atoms with E-state index in [-0.39, 0.29) is 24.0 Å². The molecule has 0 aliphatic carbocycles. The molecule has 1 saturated heterocycles. The zero-order valence-corrected chi connectivity index (χ0v) is 21.9. The average molecular weight is 557 g/mol. The van der Waals surface area contributed by atoms with Crippen LogP contribution in [0.5, 0.6) is 5.75 Å². The van der Waals surface area contributed by atoms with Gasteiger partial charge >= 0.3 is 0 Å². The Morgan fingerprint density at radius 3 is 2.66 bits per heavy atom. The number of morpholine rings is 1. The number of methoxy groups -OCH3 is 1. The molecule has 3 rings (SSSR count). The molecule has 0 bridgehead atoms. The summed E-state index contributed by atoms with van der Waals surface area (Å²) in [6.45, 7) is 10.7. The fraction of sp³-hybridized carbons (Fsp3) is 0.591. The number of hydrogen-bond donors (Lipinski definition) is 2. The van der Waals surface area contributed by atoms with E-state index in [0.29, 0.717) is 13.1 Å². The van der Waals surface area contributed by atoms with Crippen molar-refractivity contribution in [1.82, 2.24) is 30.3 Å². The van der Waals surface area contributed by atoms with Gasteiger partial charge in [-0.05, 0) is 38.4 Å². The third kappa shape index (κ3) is 7.89. The smallest absolute Gasteiger partial charge is 0.191 e. The van der Waals surface area contributed by atoms with E-state index in [1.807, 2.05) is 24.6 Å². The molecule has 0 radical (unpaired) electrons. The molecule has 1 aromatic carbocycles. The van der Waals surface area contributed by atoms with Crippen molar-refractivity contribution in [3.05, 3.63) is 41.0 Å². The molecule has 0 spiro atoms. The van der Waals surface area contributed by atoms with E-state index in [9.17, 15) is 0 Å². The lowest BCUT2D eigenvalue weighted by Crippen LogP contribution is -2.40. The van der Waals surface area contributed by atoms with E-state index in [0.717, 1.165) is 74.7 Å². The highest BCUT2D eigenvalue weighted by Crippen LogP contribution is 2.20. The van der Waals surface area contributed by atoms with Crippen LogP contribution in [0.2, 0.25) is 0 Å². The Hall–Kier alpha value is -1.92. The van der Waals surface area contributed by atoms with Gasteiger partial charge in [-0.1, -0.05) is 12.1 Å². The van der Waals surface area contributed by atoms with Gasteiger partial charge in [-0.2, -0.15) is 0 Å². The van der Waals surface area contributed by atoms with Gasteiger partial charge in [-0.3, -0.25) is 4.90 Å².